The summed E-state index contributed by atoms with van der Waals surface area (Å²) in [6.07, 6.45) is 2.76. The van der Waals surface area contributed by atoms with Crippen molar-refractivity contribution in [1.82, 2.24) is 0 Å². The quantitative estimate of drug-likeness (QED) is 0.418. The molecule has 0 aliphatic heterocycles. The number of aldehydes is 1. The van der Waals surface area contributed by atoms with E-state index < -0.39 is 0 Å². The summed E-state index contributed by atoms with van der Waals surface area (Å²) in [4.78, 5) is 9.76. The summed E-state index contributed by atoms with van der Waals surface area (Å²) in [6.45, 7) is 2.13. The van der Waals surface area contributed by atoms with Gasteiger partial charge < -0.3 is 4.79 Å². The van der Waals surface area contributed by atoms with Gasteiger partial charge in [-0.05, 0) is 17.9 Å². The standard InChI is InChI=1S/C6H12OS/c1-2-8-6-4-3-5-7/h5H,2-4,6H2,1H3. The zero-order valence-electron chi connectivity index (χ0n) is 5.22. The minimum Gasteiger partial charge on any atom is -0.303 e. The molecule has 0 aromatic heterocycles. The fraction of sp³-hybridized carbons (Fsp3) is 0.833. The summed E-state index contributed by atoms with van der Waals surface area (Å²) >= 11 is 1.89. The SMILES string of the molecule is CCSCCCC=O. The summed E-state index contributed by atoms with van der Waals surface area (Å²) < 4.78 is 0. The fourth-order valence-corrected chi connectivity index (χ4v) is 1.07. The Balaban J connectivity index is 2.62. The number of hydrogen-bond donors (Lipinski definition) is 0. The lowest BCUT2D eigenvalue weighted by molar-refractivity contribution is -0.107. The minimum atomic E-state index is 0.729. The molecule has 2 heteroatoms. The molecular weight excluding hydrogens is 120 g/mol. The Labute approximate surface area is 54.8 Å². The first kappa shape index (κ1) is 8.02. The van der Waals surface area contributed by atoms with Crippen molar-refractivity contribution >= 4 is 18.0 Å². The molecule has 0 aliphatic rings. The maximum Gasteiger partial charge on any atom is 0.120 e. The van der Waals surface area contributed by atoms with Crippen molar-refractivity contribution in [1.29, 1.82) is 0 Å². The van der Waals surface area contributed by atoms with Crippen LogP contribution in [0.4, 0.5) is 0 Å². The van der Waals surface area contributed by atoms with E-state index in [4.69, 9.17) is 0 Å². The lowest BCUT2D eigenvalue weighted by atomic mass is 10.4. The number of rotatable bonds is 5. The van der Waals surface area contributed by atoms with Crippen LogP contribution in [0.2, 0.25) is 0 Å². The van der Waals surface area contributed by atoms with Crippen molar-refractivity contribution in [2.45, 2.75) is 19.8 Å². The van der Waals surface area contributed by atoms with Crippen LogP contribution in [0.25, 0.3) is 0 Å². The molecule has 0 saturated carbocycles. The van der Waals surface area contributed by atoms with Crippen LogP contribution in [0.5, 0.6) is 0 Å². The number of carbonyl (C=O) groups is 1. The van der Waals surface area contributed by atoms with Gasteiger partial charge in [-0.1, -0.05) is 6.92 Å². The zero-order chi connectivity index (χ0) is 6.24. The van der Waals surface area contributed by atoms with Gasteiger partial charge in [-0.15, -0.1) is 0 Å². The molecule has 0 fully saturated rings. The van der Waals surface area contributed by atoms with E-state index in [1.807, 2.05) is 11.8 Å². The summed E-state index contributed by atoms with van der Waals surface area (Å²) in [5.74, 6) is 2.30. The van der Waals surface area contributed by atoms with Crippen molar-refractivity contribution in [2.75, 3.05) is 11.5 Å². The lowest BCUT2D eigenvalue weighted by Crippen LogP contribution is -1.80. The highest BCUT2D eigenvalue weighted by Crippen LogP contribution is 2.01. The number of unbranched alkanes of at least 4 members (excludes halogenated alkanes) is 1. The predicted octanol–water partition coefficient (Wildman–Crippen LogP) is 1.72. The van der Waals surface area contributed by atoms with E-state index in [2.05, 4.69) is 6.92 Å². The molecule has 0 N–H and O–H groups in total. The van der Waals surface area contributed by atoms with Gasteiger partial charge in [0.05, 0.1) is 0 Å². The fourth-order valence-electron chi connectivity index (χ4n) is 0.413. The highest BCUT2D eigenvalue weighted by molar-refractivity contribution is 7.99. The zero-order valence-corrected chi connectivity index (χ0v) is 6.04. The Morgan fingerprint density at radius 3 is 2.88 bits per heavy atom. The van der Waals surface area contributed by atoms with Crippen molar-refractivity contribution in [3.05, 3.63) is 0 Å². The number of carbonyl (C=O) groups excluding carboxylic acids is 1. The molecule has 0 atom stereocenters. The average molecular weight is 132 g/mol. The topological polar surface area (TPSA) is 17.1 Å². The van der Waals surface area contributed by atoms with Gasteiger partial charge in [-0.25, -0.2) is 0 Å². The van der Waals surface area contributed by atoms with Crippen LogP contribution >= 0.6 is 11.8 Å². The molecule has 0 spiro atoms. The molecule has 0 saturated heterocycles. The first-order chi connectivity index (χ1) is 3.91. The Morgan fingerprint density at radius 1 is 1.62 bits per heavy atom. The van der Waals surface area contributed by atoms with Crippen LogP contribution in [-0.2, 0) is 4.79 Å². The third kappa shape index (κ3) is 6.02. The van der Waals surface area contributed by atoms with Crippen LogP contribution < -0.4 is 0 Å². The molecule has 0 bridgehead atoms. The van der Waals surface area contributed by atoms with Crippen LogP contribution in [0.1, 0.15) is 19.8 Å². The normalized spacial score (nSPS) is 9.12. The molecule has 0 rings (SSSR count). The van der Waals surface area contributed by atoms with Gasteiger partial charge in [0.1, 0.15) is 6.29 Å². The Bertz CT molecular complexity index is 54.5. The molecule has 1 nitrogen and oxygen atoms in total. The highest BCUT2D eigenvalue weighted by Gasteiger charge is 1.83. The third-order valence-electron chi connectivity index (χ3n) is 0.815. The molecule has 0 heterocycles. The number of hydrogen-bond acceptors (Lipinski definition) is 2. The Morgan fingerprint density at radius 2 is 2.38 bits per heavy atom. The van der Waals surface area contributed by atoms with Crippen LogP contribution in [0.15, 0.2) is 0 Å². The Hall–Kier alpha value is 0.0200. The lowest BCUT2D eigenvalue weighted by Gasteiger charge is -1.90. The van der Waals surface area contributed by atoms with Crippen LogP contribution in [0.3, 0.4) is 0 Å². The molecule has 8 heavy (non-hydrogen) atoms. The first-order valence-electron chi connectivity index (χ1n) is 2.93. The second-order valence-electron chi connectivity index (χ2n) is 1.51. The van der Waals surface area contributed by atoms with Gasteiger partial charge in [0.2, 0.25) is 0 Å². The second-order valence-corrected chi connectivity index (χ2v) is 2.90. The van der Waals surface area contributed by atoms with E-state index in [1.54, 1.807) is 0 Å². The van der Waals surface area contributed by atoms with E-state index >= 15 is 0 Å². The molecule has 0 amide bonds. The first-order valence-corrected chi connectivity index (χ1v) is 4.08. The van der Waals surface area contributed by atoms with Gasteiger partial charge in [0.25, 0.3) is 0 Å². The molecule has 0 unspecified atom stereocenters. The van der Waals surface area contributed by atoms with Crippen LogP contribution in [0, 0.1) is 0 Å². The van der Waals surface area contributed by atoms with Gasteiger partial charge >= 0.3 is 0 Å². The predicted molar refractivity (Wildman–Crippen MR) is 38.3 cm³/mol. The van der Waals surface area contributed by atoms with Crippen LogP contribution in [-0.4, -0.2) is 17.8 Å². The summed E-state index contributed by atoms with van der Waals surface area (Å²) in [5.41, 5.74) is 0. The minimum absolute atomic E-state index is 0.729. The van der Waals surface area contributed by atoms with Gasteiger partial charge in [-0.2, -0.15) is 11.8 Å². The highest BCUT2D eigenvalue weighted by atomic mass is 32.2. The summed E-state index contributed by atoms with van der Waals surface area (Å²) in [5, 5.41) is 0. The molecule has 48 valence electrons. The molecular formula is C6H12OS. The van der Waals surface area contributed by atoms with Crippen molar-refractivity contribution in [3.8, 4) is 0 Å². The van der Waals surface area contributed by atoms with Gasteiger partial charge in [-0.3, -0.25) is 0 Å². The maximum absolute atomic E-state index is 9.76. The van der Waals surface area contributed by atoms with Crippen molar-refractivity contribution < 1.29 is 4.79 Å². The van der Waals surface area contributed by atoms with Gasteiger partial charge in [0.15, 0.2) is 0 Å². The number of thioether (sulfide) groups is 1. The van der Waals surface area contributed by atoms with E-state index in [0.29, 0.717) is 0 Å². The molecule has 0 aromatic rings. The second kappa shape index (κ2) is 7.02. The van der Waals surface area contributed by atoms with E-state index in [0.717, 1.165) is 24.9 Å². The molecule has 0 aliphatic carbocycles. The Kier molecular flexibility index (Phi) is 7.04. The molecule has 0 aromatic carbocycles. The van der Waals surface area contributed by atoms with Crippen molar-refractivity contribution in [3.63, 3.8) is 0 Å². The maximum atomic E-state index is 9.76. The van der Waals surface area contributed by atoms with E-state index in [9.17, 15) is 4.79 Å². The largest absolute Gasteiger partial charge is 0.303 e. The monoisotopic (exact) mass is 132 g/mol. The van der Waals surface area contributed by atoms with E-state index in [-0.39, 0.29) is 0 Å². The smallest absolute Gasteiger partial charge is 0.120 e. The van der Waals surface area contributed by atoms with E-state index in [1.165, 1.54) is 5.75 Å². The summed E-state index contributed by atoms with van der Waals surface area (Å²) in [7, 11) is 0. The average Bonchev–Trinajstić information content (AvgIpc) is 1.81. The van der Waals surface area contributed by atoms with Gasteiger partial charge in [0, 0.05) is 6.42 Å². The van der Waals surface area contributed by atoms with Crippen molar-refractivity contribution in [2.24, 2.45) is 0 Å². The third-order valence-corrected chi connectivity index (χ3v) is 1.80. The molecule has 0 radical (unpaired) electrons. The summed E-state index contributed by atoms with van der Waals surface area (Å²) in [6, 6.07) is 0.